The summed E-state index contributed by atoms with van der Waals surface area (Å²) < 4.78 is 16.6. The van der Waals surface area contributed by atoms with Crippen LogP contribution in [0.4, 0.5) is 0 Å². The second kappa shape index (κ2) is 9.64. The number of nitrogens with one attached hydrogen (secondary N) is 1. The zero-order valence-corrected chi connectivity index (χ0v) is 17.9. The van der Waals surface area contributed by atoms with Crippen LogP contribution in [-0.2, 0) is 4.79 Å². The number of amides is 1. The van der Waals surface area contributed by atoms with Gasteiger partial charge in [-0.3, -0.25) is 4.79 Å². The molecule has 162 valence electrons. The summed E-state index contributed by atoms with van der Waals surface area (Å²) in [5.41, 5.74) is 2.70. The van der Waals surface area contributed by atoms with E-state index in [-0.39, 0.29) is 18.6 Å². The Morgan fingerprint density at radius 1 is 1.13 bits per heavy atom. The normalized spacial score (nSPS) is 14.3. The van der Waals surface area contributed by atoms with Gasteiger partial charge in [-0.1, -0.05) is 42.6 Å². The van der Waals surface area contributed by atoms with Crippen molar-refractivity contribution in [1.82, 2.24) is 15.5 Å². The van der Waals surface area contributed by atoms with Gasteiger partial charge in [-0.15, -0.1) is 0 Å². The lowest BCUT2D eigenvalue weighted by atomic mass is 9.95. The van der Waals surface area contributed by atoms with Gasteiger partial charge in [0.2, 0.25) is 5.82 Å². The molecule has 7 nitrogen and oxygen atoms in total. The van der Waals surface area contributed by atoms with Gasteiger partial charge in [-0.25, -0.2) is 0 Å². The third kappa shape index (κ3) is 5.05. The van der Waals surface area contributed by atoms with Crippen LogP contribution in [0.5, 0.6) is 11.5 Å². The number of benzene rings is 2. The summed E-state index contributed by atoms with van der Waals surface area (Å²) in [6.07, 6.45) is 5.67. The molecule has 2 aromatic carbocycles. The van der Waals surface area contributed by atoms with E-state index in [2.05, 4.69) is 15.5 Å². The second-order valence-electron chi connectivity index (χ2n) is 7.79. The van der Waals surface area contributed by atoms with Crippen molar-refractivity contribution in [2.24, 2.45) is 0 Å². The number of carbonyl (C=O) groups excluding carboxylic acids is 1. The number of aromatic nitrogens is 2. The smallest absolute Gasteiger partial charge is 0.258 e. The van der Waals surface area contributed by atoms with Crippen LogP contribution in [0, 0.1) is 6.92 Å². The third-order valence-electron chi connectivity index (χ3n) is 5.55. The van der Waals surface area contributed by atoms with Crippen LogP contribution in [-0.4, -0.2) is 35.8 Å². The fraction of sp³-hybridized carbons (Fsp3) is 0.375. The number of methoxy groups -OCH3 is 1. The van der Waals surface area contributed by atoms with Crippen LogP contribution in [0.2, 0.25) is 0 Å². The molecule has 1 aromatic heterocycles. The number of nitrogens with zero attached hydrogens (tertiary/aromatic N) is 2. The zero-order chi connectivity index (χ0) is 21.6. The lowest BCUT2D eigenvalue weighted by molar-refractivity contribution is -0.124. The standard InChI is InChI=1S/C24H27N3O4/c1-16-8-6-7-11-19(16)24-26-23(27-31-24)17-12-13-20(21(14-17)29-2)30-15-22(28)25-18-9-4-3-5-10-18/h6-8,11-14,18H,3-5,9-10,15H2,1-2H3,(H,25,28). The Labute approximate surface area is 181 Å². The molecule has 1 heterocycles. The summed E-state index contributed by atoms with van der Waals surface area (Å²) in [4.78, 5) is 16.7. The van der Waals surface area contributed by atoms with Crippen LogP contribution < -0.4 is 14.8 Å². The molecule has 0 spiro atoms. The fourth-order valence-corrected chi connectivity index (χ4v) is 3.85. The summed E-state index contributed by atoms with van der Waals surface area (Å²) >= 11 is 0. The molecular formula is C24H27N3O4. The first-order chi connectivity index (χ1) is 15.1. The SMILES string of the molecule is COc1cc(-c2noc(-c3ccccc3C)n2)ccc1OCC(=O)NC1CCCCC1. The first-order valence-corrected chi connectivity index (χ1v) is 10.6. The maximum absolute atomic E-state index is 12.2. The molecule has 3 aromatic rings. The number of aryl methyl sites for hydroxylation is 1. The van der Waals surface area contributed by atoms with Crippen LogP contribution >= 0.6 is 0 Å². The van der Waals surface area contributed by atoms with E-state index in [1.807, 2.05) is 37.3 Å². The average Bonchev–Trinajstić information content (AvgIpc) is 3.28. The second-order valence-corrected chi connectivity index (χ2v) is 7.79. The lowest BCUT2D eigenvalue weighted by Crippen LogP contribution is -2.38. The Hall–Kier alpha value is -3.35. The molecule has 1 aliphatic carbocycles. The largest absolute Gasteiger partial charge is 0.493 e. The Bertz CT molecular complexity index is 1040. The van der Waals surface area contributed by atoms with Gasteiger partial charge in [-0.05, 0) is 49.6 Å². The van der Waals surface area contributed by atoms with Gasteiger partial charge in [0.15, 0.2) is 18.1 Å². The van der Waals surface area contributed by atoms with E-state index >= 15 is 0 Å². The van der Waals surface area contributed by atoms with Gasteiger partial charge in [-0.2, -0.15) is 4.98 Å². The van der Waals surface area contributed by atoms with Gasteiger partial charge in [0.05, 0.1) is 7.11 Å². The molecule has 1 amide bonds. The highest BCUT2D eigenvalue weighted by Gasteiger charge is 2.18. The summed E-state index contributed by atoms with van der Waals surface area (Å²) in [5.74, 6) is 1.81. The van der Waals surface area contributed by atoms with E-state index in [0.717, 1.165) is 29.5 Å². The van der Waals surface area contributed by atoms with E-state index in [0.29, 0.717) is 23.2 Å². The van der Waals surface area contributed by atoms with Crippen molar-refractivity contribution in [1.29, 1.82) is 0 Å². The van der Waals surface area contributed by atoms with Crippen LogP contribution in [0.25, 0.3) is 22.8 Å². The number of hydrogen-bond acceptors (Lipinski definition) is 6. The van der Waals surface area contributed by atoms with Gasteiger partial charge >= 0.3 is 0 Å². The minimum Gasteiger partial charge on any atom is -0.493 e. The maximum atomic E-state index is 12.2. The van der Waals surface area contributed by atoms with Crippen molar-refractivity contribution in [3.63, 3.8) is 0 Å². The molecule has 0 radical (unpaired) electrons. The molecule has 7 heteroatoms. The Balaban J connectivity index is 1.43. The van der Waals surface area contributed by atoms with E-state index < -0.39 is 0 Å². The Morgan fingerprint density at radius 2 is 1.94 bits per heavy atom. The molecule has 0 aliphatic heterocycles. The molecule has 31 heavy (non-hydrogen) atoms. The predicted molar refractivity (Wildman–Crippen MR) is 117 cm³/mol. The Morgan fingerprint density at radius 3 is 2.71 bits per heavy atom. The summed E-state index contributed by atoms with van der Waals surface area (Å²) in [6, 6.07) is 13.5. The van der Waals surface area contributed by atoms with Crippen LogP contribution in [0.15, 0.2) is 47.0 Å². The molecule has 1 N–H and O–H groups in total. The minimum atomic E-state index is -0.112. The lowest BCUT2D eigenvalue weighted by Gasteiger charge is -2.22. The number of hydrogen-bond donors (Lipinski definition) is 1. The monoisotopic (exact) mass is 421 g/mol. The van der Waals surface area contributed by atoms with Crippen molar-refractivity contribution < 1.29 is 18.8 Å². The zero-order valence-electron chi connectivity index (χ0n) is 17.9. The average molecular weight is 421 g/mol. The first-order valence-electron chi connectivity index (χ1n) is 10.6. The van der Waals surface area contributed by atoms with Crippen molar-refractivity contribution in [3.05, 3.63) is 48.0 Å². The summed E-state index contributed by atoms with van der Waals surface area (Å²) in [7, 11) is 1.56. The minimum absolute atomic E-state index is 0.0498. The highest BCUT2D eigenvalue weighted by Crippen LogP contribution is 2.32. The fourth-order valence-electron chi connectivity index (χ4n) is 3.85. The van der Waals surface area contributed by atoms with Crippen molar-refractivity contribution in [2.45, 2.75) is 45.1 Å². The number of carbonyl (C=O) groups is 1. The molecule has 1 saturated carbocycles. The highest BCUT2D eigenvalue weighted by molar-refractivity contribution is 5.78. The summed E-state index contributed by atoms with van der Waals surface area (Å²) in [6.45, 7) is 1.95. The summed E-state index contributed by atoms with van der Waals surface area (Å²) in [5, 5.41) is 7.15. The molecule has 0 bridgehead atoms. The van der Waals surface area contributed by atoms with Crippen LogP contribution in [0.1, 0.15) is 37.7 Å². The van der Waals surface area contributed by atoms with Crippen molar-refractivity contribution in [2.75, 3.05) is 13.7 Å². The maximum Gasteiger partial charge on any atom is 0.258 e. The first kappa shape index (κ1) is 20.9. The highest BCUT2D eigenvalue weighted by atomic mass is 16.5. The third-order valence-corrected chi connectivity index (χ3v) is 5.55. The quantitative estimate of drug-likeness (QED) is 0.602. The molecule has 4 rings (SSSR count). The molecular weight excluding hydrogens is 394 g/mol. The van der Waals surface area contributed by atoms with Crippen molar-refractivity contribution in [3.8, 4) is 34.3 Å². The molecule has 0 atom stereocenters. The van der Waals surface area contributed by atoms with E-state index in [1.165, 1.54) is 19.3 Å². The van der Waals surface area contributed by atoms with Crippen LogP contribution in [0.3, 0.4) is 0 Å². The molecule has 0 saturated heterocycles. The van der Waals surface area contributed by atoms with E-state index in [1.54, 1.807) is 19.2 Å². The Kier molecular flexibility index (Phi) is 6.50. The van der Waals surface area contributed by atoms with E-state index in [9.17, 15) is 4.79 Å². The predicted octanol–water partition coefficient (Wildman–Crippen LogP) is 4.55. The van der Waals surface area contributed by atoms with Gasteiger partial charge < -0.3 is 19.3 Å². The van der Waals surface area contributed by atoms with Gasteiger partial charge in [0.1, 0.15) is 0 Å². The molecule has 1 fully saturated rings. The van der Waals surface area contributed by atoms with E-state index in [4.69, 9.17) is 14.0 Å². The van der Waals surface area contributed by atoms with Gasteiger partial charge in [0, 0.05) is 17.2 Å². The molecule has 1 aliphatic rings. The van der Waals surface area contributed by atoms with Crippen molar-refractivity contribution >= 4 is 5.91 Å². The number of ether oxygens (including phenoxy) is 2. The van der Waals surface area contributed by atoms with Gasteiger partial charge in [0.25, 0.3) is 11.8 Å². The topological polar surface area (TPSA) is 86.5 Å². The molecule has 0 unspecified atom stereocenters. The number of rotatable bonds is 7.